The number of nitrogens with one attached hydrogen (secondary N) is 1. The Bertz CT molecular complexity index is 671. The lowest BCUT2D eigenvalue weighted by Crippen LogP contribution is -2.47. The number of amides is 2. The van der Waals surface area contributed by atoms with Gasteiger partial charge in [-0.25, -0.2) is 12.7 Å². The zero-order valence-corrected chi connectivity index (χ0v) is 14.2. The summed E-state index contributed by atoms with van der Waals surface area (Å²) in [5.41, 5.74) is 0. The van der Waals surface area contributed by atoms with E-state index < -0.39 is 27.9 Å². The van der Waals surface area contributed by atoms with E-state index in [9.17, 15) is 18.0 Å². The molecule has 1 aliphatic rings. The van der Waals surface area contributed by atoms with E-state index in [1.807, 2.05) is 13.8 Å². The molecule has 0 spiro atoms. The first-order valence-corrected chi connectivity index (χ1v) is 9.18. The highest BCUT2D eigenvalue weighted by Gasteiger charge is 2.43. The van der Waals surface area contributed by atoms with Crippen LogP contribution in [0.1, 0.15) is 33.1 Å². The molecule has 1 N–H and O–H groups in total. The molecule has 0 aromatic heterocycles. The van der Waals surface area contributed by atoms with E-state index in [4.69, 9.17) is 0 Å². The lowest BCUT2D eigenvalue weighted by Gasteiger charge is -2.23. The maximum atomic E-state index is 12.7. The van der Waals surface area contributed by atoms with Crippen molar-refractivity contribution in [1.82, 2.24) is 9.62 Å². The number of benzene rings is 1. The van der Waals surface area contributed by atoms with E-state index in [0.717, 1.165) is 10.7 Å². The number of carbonyl (C=O) groups is 2. The highest BCUT2D eigenvalue weighted by Crippen LogP contribution is 2.27. The van der Waals surface area contributed by atoms with E-state index in [-0.39, 0.29) is 17.7 Å². The zero-order chi connectivity index (χ0) is 17.0. The molecule has 23 heavy (non-hydrogen) atoms. The van der Waals surface area contributed by atoms with Gasteiger partial charge in [0.15, 0.2) is 0 Å². The van der Waals surface area contributed by atoms with Crippen LogP contribution in [0.5, 0.6) is 0 Å². The number of carbonyl (C=O) groups excluding carboxylic acids is 2. The third-order valence-corrected chi connectivity index (χ3v) is 5.63. The molecule has 0 bridgehead atoms. The van der Waals surface area contributed by atoms with Crippen molar-refractivity contribution in [3.8, 4) is 0 Å². The minimum Gasteiger partial charge on any atom is -0.354 e. The van der Waals surface area contributed by atoms with Crippen LogP contribution >= 0.6 is 0 Å². The fraction of sp³-hybridized carbons (Fsp3) is 0.500. The van der Waals surface area contributed by atoms with Gasteiger partial charge in [-0.1, -0.05) is 32.0 Å². The van der Waals surface area contributed by atoms with Crippen LogP contribution in [0.3, 0.4) is 0 Å². The van der Waals surface area contributed by atoms with Crippen molar-refractivity contribution < 1.29 is 18.0 Å². The SMILES string of the molecule is CC(C)CCNC(=O)C1CCC(=O)N1S(=O)(=O)c1ccccc1. The van der Waals surface area contributed by atoms with Crippen molar-refractivity contribution in [2.45, 2.75) is 44.0 Å². The van der Waals surface area contributed by atoms with Crippen LogP contribution in [0.25, 0.3) is 0 Å². The number of hydrogen-bond donors (Lipinski definition) is 1. The molecular weight excluding hydrogens is 316 g/mol. The smallest absolute Gasteiger partial charge is 0.267 e. The molecule has 1 saturated heterocycles. The van der Waals surface area contributed by atoms with Gasteiger partial charge >= 0.3 is 0 Å². The molecule has 6 nitrogen and oxygen atoms in total. The van der Waals surface area contributed by atoms with Gasteiger partial charge in [-0.2, -0.15) is 0 Å². The molecule has 0 saturated carbocycles. The van der Waals surface area contributed by atoms with E-state index in [2.05, 4.69) is 5.32 Å². The first-order valence-electron chi connectivity index (χ1n) is 7.74. The van der Waals surface area contributed by atoms with E-state index in [1.54, 1.807) is 18.2 Å². The second kappa shape index (κ2) is 7.12. The van der Waals surface area contributed by atoms with E-state index in [0.29, 0.717) is 12.5 Å². The summed E-state index contributed by atoms with van der Waals surface area (Å²) in [6.45, 7) is 4.55. The summed E-state index contributed by atoms with van der Waals surface area (Å²) in [5.74, 6) is -0.501. The average Bonchev–Trinajstić information content (AvgIpc) is 2.90. The van der Waals surface area contributed by atoms with Crippen LogP contribution in [-0.4, -0.2) is 37.1 Å². The van der Waals surface area contributed by atoms with Crippen molar-refractivity contribution in [3.05, 3.63) is 30.3 Å². The number of hydrogen-bond acceptors (Lipinski definition) is 4. The highest BCUT2D eigenvalue weighted by atomic mass is 32.2. The topological polar surface area (TPSA) is 83.6 Å². The van der Waals surface area contributed by atoms with Gasteiger partial charge in [0.2, 0.25) is 11.8 Å². The molecule has 1 fully saturated rings. The van der Waals surface area contributed by atoms with Gasteiger partial charge < -0.3 is 5.32 Å². The molecule has 2 rings (SSSR count). The van der Waals surface area contributed by atoms with Crippen molar-refractivity contribution in [1.29, 1.82) is 0 Å². The molecule has 1 atom stereocenters. The van der Waals surface area contributed by atoms with Crippen LogP contribution in [0.15, 0.2) is 35.2 Å². The predicted octanol–water partition coefficient (Wildman–Crippen LogP) is 1.53. The van der Waals surface area contributed by atoms with Gasteiger partial charge in [0, 0.05) is 13.0 Å². The second-order valence-corrected chi connectivity index (χ2v) is 7.85. The van der Waals surface area contributed by atoms with Gasteiger partial charge in [-0.3, -0.25) is 9.59 Å². The van der Waals surface area contributed by atoms with Crippen molar-refractivity contribution >= 4 is 21.8 Å². The molecule has 7 heteroatoms. The summed E-state index contributed by atoms with van der Waals surface area (Å²) in [6.07, 6.45) is 1.09. The normalized spacial score (nSPS) is 18.5. The summed E-state index contributed by atoms with van der Waals surface area (Å²) in [4.78, 5) is 24.4. The molecule has 1 aliphatic heterocycles. The predicted molar refractivity (Wildman–Crippen MR) is 86.0 cm³/mol. The Kier molecular flexibility index (Phi) is 5.41. The molecule has 2 amide bonds. The van der Waals surface area contributed by atoms with Crippen molar-refractivity contribution in [2.24, 2.45) is 5.92 Å². The summed E-state index contributed by atoms with van der Waals surface area (Å²) in [7, 11) is -4.00. The monoisotopic (exact) mass is 338 g/mol. The Morgan fingerprint density at radius 1 is 1.30 bits per heavy atom. The molecule has 126 valence electrons. The van der Waals surface area contributed by atoms with Gasteiger partial charge in [0.25, 0.3) is 10.0 Å². The maximum absolute atomic E-state index is 12.7. The minimum atomic E-state index is -4.00. The van der Waals surface area contributed by atoms with Gasteiger partial charge in [-0.05, 0) is 30.9 Å². The Balaban J connectivity index is 2.18. The molecule has 1 unspecified atom stereocenters. The van der Waals surface area contributed by atoms with Crippen LogP contribution in [-0.2, 0) is 19.6 Å². The van der Waals surface area contributed by atoms with Gasteiger partial charge in [-0.15, -0.1) is 0 Å². The van der Waals surface area contributed by atoms with Crippen LogP contribution in [0.4, 0.5) is 0 Å². The lowest BCUT2D eigenvalue weighted by atomic mass is 10.1. The molecular formula is C16H22N2O4S. The lowest BCUT2D eigenvalue weighted by molar-refractivity contribution is -0.130. The number of rotatable bonds is 6. The van der Waals surface area contributed by atoms with Gasteiger partial charge in [0.1, 0.15) is 6.04 Å². The first kappa shape index (κ1) is 17.5. The molecule has 1 heterocycles. The number of nitrogens with zero attached hydrogens (tertiary/aromatic N) is 1. The minimum absolute atomic E-state index is 0.0234. The molecule has 1 aromatic carbocycles. The van der Waals surface area contributed by atoms with Crippen LogP contribution < -0.4 is 5.32 Å². The third-order valence-electron chi connectivity index (χ3n) is 3.78. The van der Waals surface area contributed by atoms with E-state index in [1.165, 1.54) is 12.1 Å². The quantitative estimate of drug-likeness (QED) is 0.852. The largest absolute Gasteiger partial charge is 0.354 e. The zero-order valence-electron chi connectivity index (χ0n) is 13.4. The summed E-state index contributed by atoms with van der Waals surface area (Å²) >= 11 is 0. The Labute approximate surface area is 136 Å². The van der Waals surface area contributed by atoms with Gasteiger partial charge in [0.05, 0.1) is 4.90 Å². The maximum Gasteiger partial charge on any atom is 0.267 e. The standard InChI is InChI=1S/C16H22N2O4S/c1-12(2)10-11-17-16(20)14-8-9-15(19)18(14)23(21,22)13-6-4-3-5-7-13/h3-7,12,14H,8-11H2,1-2H3,(H,17,20). The second-order valence-electron chi connectivity index (χ2n) is 6.04. The Morgan fingerprint density at radius 3 is 2.57 bits per heavy atom. The van der Waals surface area contributed by atoms with Crippen LogP contribution in [0.2, 0.25) is 0 Å². The Hall–Kier alpha value is -1.89. The fourth-order valence-corrected chi connectivity index (χ4v) is 4.13. The number of sulfonamides is 1. The molecule has 1 aromatic rings. The van der Waals surface area contributed by atoms with Crippen LogP contribution in [0, 0.1) is 5.92 Å². The van der Waals surface area contributed by atoms with Crippen molar-refractivity contribution in [2.75, 3.05) is 6.54 Å². The third kappa shape index (κ3) is 3.90. The summed E-state index contributed by atoms with van der Waals surface area (Å²) < 4.78 is 26.1. The fourth-order valence-electron chi connectivity index (χ4n) is 2.51. The van der Waals surface area contributed by atoms with E-state index >= 15 is 0 Å². The first-order chi connectivity index (χ1) is 10.8. The summed E-state index contributed by atoms with van der Waals surface area (Å²) in [6, 6.07) is 6.76. The summed E-state index contributed by atoms with van der Waals surface area (Å²) in [5, 5.41) is 2.73. The van der Waals surface area contributed by atoms with Crippen molar-refractivity contribution in [3.63, 3.8) is 0 Å². The average molecular weight is 338 g/mol. The molecule has 0 aliphatic carbocycles. The molecule has 0 radical (unpaired) electrons. The Morgan fingerprint density at radius 2 is 1.96 bits per heavy atom. The highest BCUT2D eigenvalue weighted by molar-refractivity contribution is 7.89.